The van der Waals surface area contributed by atoms with Gasteiger partial charge in [0.2, 0.25) is 11.8 Å². The Hall–Kier alpha value is -1.75. The highest BCUT2D eigenvalue weighted by Gasteiger charge is 2.29. The van der Waals surface area contributed by atoms with Gasteiger partial charge in [-0.2, -0.15) is 0 Å². The van der Waals surface area contributed by atoms with E-state index in [0.717, 1.165) is 18.4 Å². The van der Waals surface area contributed by atoms with Gasteiger partial charge >= 0.3 is 0 Å². The zero-order valence-corrected chi connectivity index (χ0v) is 12.9. The van der Waals surface area contributed by atoms with Gasteiger partial charge in [-0.3, -0.25) is 9.59 Å². The summed E-state index contributed by atoms with van der Waals surface area (Å²) in [6.45, 7) is 0.711. The van der Waals surface area contributed by atoms with Crippen LogP contribution in [-0.2, 0) is 16.0 Å². The largest absolute Gasteiger partial charge is 0.332 e. The maximum atomic E-state index is 12.4. The van der Waals surface area contributed by atoms with Gasteiger partial charge in [-0.15, -0.1) is 11.8 Å². The number of hydrogen-bond acceptors (Lipinski definition) is 3. The molecule has 2 rings (SSSR count). The Morgan fingerprint density at radius 3 is 2.86 bits per heavy atom. The topological polar surface area (TPSA) is 49.4 Å². The number of thioether (sulfide) groups is 1. The second-order valence-corrected chi connectivity index (χ2v) is 5.70. The highest BCUT2D eigenvalue weighted by atomic mass is 32.2. The minimum atomic E-state index is -0.180. The van der Waals surface area contributed by atoms with Crippen LogP contribution in [0.5, 0.6) is 0 Å². The van der Waals surface area contributed by atoms with Crippen LogP contribution in [0.15, 0.2) is 41.8 Å². The molecule has 0 radical (unpaired) electrons. The molecule has 1 unspecified atom stereocenters. The lowest BCUT2D eigenvalue weighted by atomic mass is 10.1. The molecule has 1 aromatic carbocycles. The molecule has 0 bridgehead atoms. The van der Waals surface area contributed by atoms with Crippen LogP contribution in [0.1, 0.15) is 18.4 Å². The van der Waals surface area contributed by atoms with Crippen molar-refractivity contribution in [3.63, 3.8) is 0 Å². The minimum Gasteiger partial charge on any atom is -0.332 e. The first-order chi connectivity index (χ1) is 10.2. The third-order valence-corrected chi connectivity index (χ3v) is 3.84. The summed E-state index contributed by atoms with van der Waals surface area (Å²) >= 11 is 1.47. The van der Waals surface area contributed by atoms with Crippen molar-refractivity contribution < 1.29 is 9.59 Å². The van der Waals surface area contributed by atoms with E-state index in [1.165, 1.54) is 17.8 Å². The smallest absolute Gasteiger partial charge is 0.246 e. The predicted molar refractivity (Wildman–Crippen MR) is 85.7 cm³/mol. The standard InChI is InChI=1S/C16H20N2O2S/c1-21-11-9-15(19)17-14-8-5-10-18(14)16(20)12-13-6-3-2-4-7-13/h2-4,6-7,9,11,14H,5,8,10,12H2,1H3,(H,17,19). The van der Waals surface area contributed by atoms with Crippen LogP contribution in [-0.4, -0.2) is 35.7 Å². The maximum absolute atomic E-state index is 12.4. The van der Waals surface area contributed by atoms with Gasteiger partial charge in [0.25, 0.3) is 0 Å². The lowest BCUT2D eigenvalue weighted by molar-refractivity contribution is -0.132. The summed E-state index contributed by atoms with van der Waals surface area (Å²) < 4.78 is 0. The van der Waals surface area contributed by atoms with Crippen molar-refractivity contribution in [1.82, 2.24) is 10.2 Å². The van der Waals surface area contributed by atoms with Gasteiger partial charge in [-0.05, 0) is 30.1 Å². The Morgan fingerprint density at radius 2 is 2.14 bits per heavy atom. The second-order valence-electron chi connectivity index (χ2n) is 4.95. The van der Waals surface area contributed by atoms with Gasteiger partial charge in [-0.1, -0.05) is 30.3 Å². The van der Waals surface area contributed by atoms with Gasteiger partial charge in [-0.25, -0.2) is 0 Å². The highest BCUT2D eigenvalue weighted by molar-refractivity contribution is 8.01. The fraction of sp³-hybridized carbons (Fsp3) is 0.375. The Kier molecular flexibility index (Phi) is 5.87. The summed E-state index contributed by atoms with van der Waals surface area (Å²) in [6, 6.07) is 9.69. The van der Waals surface area contributed by atoms with Crippen LogP contribution in [0.25, 0.3) is 0 Å². The molecule has 1 aliphatic rings. The van der Waals surface area contributed by atoms with Crippen molar-refractivity contribution in [3.05, 3.63) is 47.4 Å². The number of carbonyl (C=O) groups excluding carboxylic acids is 2. The third-order valence-electron chi connectivity index (χ3n) is 3.44. The molecule has 2 amide bonds. The molecule has 1 N–H and O–H groups in total. The molecule has 4 nitrogen and oxygen atoms in total. The van der Waals surface area contributed by atoms with Crippen molar-refractivity contribution in [2.45, 2.75) is 25.4 Å². The molecule has 1 fully saturated rings. The third kappa shape index (κ3) is 4.63. The molecule has 1 aliphatic heterocycles. The normalized spacial score (nSPS) is 18.1. The van der Waals surface area contributed by atoms with Gasteiger partial charge in [0.1, 0.15) is 6.17 Å². The molecular weight excluding hydrogens is 284 g/mol. The van der Waals surface area contributed by atoms with Crippen LogP contribution in [0.4, 0.5) is 0 Å². The first-order valence-electron chi connectivity index (χ1n) is 7.04. The van der Waals surface area contributed by atoms with E-state index in [1.54, 1.807) is 10.3 Å². The number of nitrogens with zero attached hydrogens (tertiary/aromatic N) is 1. The first kappa shape index (κ1) is 15.6. The number of hydrogen-bond donors (Lipinski definition) is 1. The van der Waals surface area contributed by atoms with E-state index >= 15 is 0 Å². The number of carbonyl (C=O) groups is 2. The van der Waals surface area contributed by atoms with E-state index in [9.17, 15) is 9.59 Å². The minimum absolute atomic E-state index is 0.0675. The van der Waals surface area contributed by atoms with Gasteiger partial charge < -0.3 is 10.2 Å². The maximum Gasteiger partial charge on any atom is 0.246 e. The molecule has 0 aliphatic carbocycles. The van der Waals surface area contributed by atoms with Crippen molar-refractivity contribution in [1.29, 1.82) is 0 Å². The quantitative estimate of drug-likeness (QED) is 0.848. The van der Waals surface area contributed by atoms with Crippen LogP contribution in [0, 0.1) is 0 Å². The molecule has 21 heavy (non-hydrogen) atoms. The van der Waals surface area contributed by atoms with Crippen molar-refractivity contribution in [3.8, 4) is 0 Å². The summed E-state index contributed by atoms with van der Waals surface area (Å²) in [4.78, 5) is 25.9. The van der Waals surface area contributed by atoms with Crippen LogP contribution < -0.4 is 5.32 Å². The number of likely N-dealkylation sites (tertiary alicyclic amines) is 1. The van der Waals surface area contributed by atoms with E-state index in [2.05, 4.69) is 5.32 Å². The van der Waals surface area contributed by atoms with E-state index in [1.807, 2.05) is 36.6 Å². The summed E-state index contributed by atoms with van der Waals surface area (Å²) in [5, 5.41) is 4.63. The van der Waals surface area contributed by atoms with Crippen molar-refractivity contribution in [2.24, 2.45) is 0 Å². The summed E-state index contributed by atoms with van der Waals surface area (Å²) in [7, 11) is 0. The SMILES string of the molecule is CSC=CC(=O)NC1CCCN1C(=O)Cc1ccccc1. The van der Waals surface area contributed by atoms with Crippen LogP contribution >= 0.6 is 11.8 Å². The molecule has 0 aromatic heterocycles. The zero-order valence-electron chi connectivity index (χ0n) is 12.1. The number of rotatable bonds is 5. The Morgan fingerprint density at radius 1 is 1.38 bits per heavy atom. The second kappa shape index (κ2) is 7.88. The first-order valence-corrected chi connectivity index (χ1v) is 8.32. The lowest BCUT2D eigenvalue weighted by Crippen LogP contribution is -2.47. The molecular formula is C16H20N2O2S. The summed E-state index contributed by atoms with van der Waals surface area (Å²) in [5.41, 5.74) is 1.00. The highest BCUT2D eigenvalue weighted by Crippen LogP contribution is 2.17. The number of benzene rings is 1. The lowest BCUT2D eigenvalue weighted by Gasteiger charge is -2.25. The fourth-order valence-electron chi connectivity index (χ4n) is 2.43. The molecule has 0 saturated carbocycles. The van der Waals surface area contributed by atoms with Crippen LogP contribution in [0.2, 0.25) is 0 Å². The van der Waals surface area contributed by atoms with Gasteiger partial charge in [0, 0.05) is 12.6 Å². The molecule has 1 atom stereocenters. The average molecular weight is 304 g/mol. The predicted octanol–water partition coefficient (Wildman–Crippen LogP) is 2.17. The molecule has 1 heterocycles. The van der Waals surface area contributed by atoms with Gasteiger partial charge in [0.15, 0.2) is 0 Å². The fourth-order valence-corrected chi connectivity index (χ4v) is 2.69. The molecule has 5 heteroatoms. The monoisotopic (exact) mass is 304 g/mol. The summed E-state index contributed by atoms with van der Waals surface area (Å²) in [5.74, 6) is -0.0772. The van der Waals surface area contributed by atoms with E-state index < -0.39 is 0 Å². The number of amides is 2. The molecule has 112 valence electrons. The molecule has 1 aromatic rings. The van der Waals surface area contributed by atoms with Crippen LogP contribution in [0.3, 0.4) is 0 Å². The zero-order chi connectivity index (χ0) is 15.1. The van der Waals surface area contributed by atoms with E-state index in [0.29, 0.717) is 13.0 Å². The molecule has 1 saturated heterocycles. The average Bonchev–Trinajstić information content (AvgIpc) is 2.94. The number of nitrogens with one attached hydrogen (secondary N) is 1. The van der Waals surface area contributed by atoms with Crippen molar-refractivity contribution >= 4 is 23.6 Å². The molecule has 0 spiro atoms. The Labute approximate surface area is 129 Å². The Bertz CT molecular complexity index is 516. The van der Waals surface area contributed by atoms with Gasteiger partial charge in [0.05, 0.1) is 6.42 Å². The van der Waals surface area contributed by atoms with E-state index in [-0.39, 0.29) is 18.0 Å². The van der Waals surface area contributed by atoms with Crippen molar-refractivity contribution in [2.75, 3.05) is 12.8 Å². The Balaban J connectivity index is 1.93. The van der Waals surface area contributed by atoms with E-state index in [4.69, 9.17) is 0 Å². The summed E-state index contributed by atoms with van der Waals surface area (Å²) in [6.07, 6.45) is 5.35.